The first-order chi connectivity index (χ1) is 16.7. The number of aldehydes is 1. The van der Waals surface area contributed by atoms with Gasteiger partial charge in [-0.15, -0.1) is 0 Å². The van der Waals surface area contributed by atoms with E-state index in [1.165, 1.54) is 6.20 Å². The van der Waals surface area contributed by atoms with E-state index in [1.54, 1.807) is 43.0 Å². The van der Waals surface area contributed by atoms with Crippen LogP contribution < -0.4 is 9.64 Å². The molecule has 0 spiro atoms. The minimum absolute atomic E-state index is 0.109. The fourth-order valence-corrected chi connectivity index (χ4v) is 5.64. The van der Waals surface area contributed by atoms with Gasteiger partial charge < -0.3 is 19.5 Å². The van der Waals surface area contributed by atoms with Gasteiger partial charge >= 0.3 is 0 Å². The number of anilines is 1. The minimum Gasteiger partial charge on any atom is -0.489 e. The molecule has 1 N–H and O–H groups in total. The summed E-state index contributed by atoms with van der Waals surface area (Å²) in [5.41, 5.74) is 1.52. The molecule has 5 rings (SSSR count). The number of carbonyl (C=O) groups is 1. The third-order valence-electron chi connectivity index (χ3n) is 7.20. The molecule has 2 fully saturated rings. The molecule has 9 nitrogen and oxygen atoms in total. The van der Waals surface area contributed by atoms with Crippen molar-refractivity contribution in [3.63, 3.8) is 0 Å². The van der Waals surface area contributed by atoms with Gasteiger partial charge in [-0.1, -0.05) is 6.92 Å². The highest BCUT2D eigenvalue weighted by atomic mass is 16.5. The molecule has 1 aliphatic carbocycles. The van der Waals surface area contributed by atoms with Gasteiger partial charge in [-0.3, -0.25) is 4.98 Å². The van der Waals surface area contributed by atoms with Crippen LogP contribution in [0.25, 0.3) is 16.8 Å². The molecule has 3 aromatic heterocycles. The van der Waals surface area contributed by atoms with E-state index in [2.05, 4.69) is 23.0 Å². The third kappa shape index (κ3) is 4.58. The second-order valence-corrected chi connectivity index (χ2v) is 10.9. The zero-order valence-electron chi connectivity index (χ0n) is 20.3. The smallest absolute Gasteiger partial charge is 0.147 e. The first-order valence-corrected chi connectivity index (χ1v) is 12.0. The molecule has 9 heteroatoms. The van der Waals surface area contributed by atoms with Crippen LogP contribution in [-0.4, -0.2) is 56.3 Å². The van der Waals surface area contributed by atoms with Gasteiger partial charge in [0.15, 0.2) is 0 Å². The van der Waals surface area contributed by atoms with Crippen LogP contribution in [0.4, 0.5) is 5.82 Å². The monoisotopic (exact) mass is 474 g/mol. The highest BCUT2D eigenvalue weighted by Gasteiger charge is 2.46. The Morgan fingerprint density at radius 1 is 1.26 bits per heavy atom. The molecule has 1 unspecified atom stereocenters. The van der Waals surface area contributed by atoms with E-state index < -0.39 is 5.60 Å². The van der Waals surface area contributed by atoms with Crippen LogP contribution in [0.15, 0.2) is 30.9 Å². The van der Waals surface area contributed by atoms with Crippen molar-refractivity contribution in [2.45, 2.75) is 45.6 Å². The molecule has 35 heavy (non-hydrogen) atoms. The first kappa shape index (κ1) is 23.2. The van der Waals surface area contributed by atoms with Crippen LogP contribution in [0, 0.1) is 28.6 Å². The van der Waals surface area contributed by atoms with Gasteiger partial charge in [-0.05, 0) is 50.0 Å². The van der Waals surface area contributed by atoms with E-state index in [0.717, 1.165) is 38.0 Å². The lowest BCUT2D eigenvalue weighted by atomic mass is 9.84. The highest BCUT2D eigenvalue weighted by Crippen LogP contribution is 2.50. The number of nitriles is 1. The van der Waals surface area contributed by atoms with Crippen molar-refractivity contribution in [2.75, 3.05) is 24.6 Å². The fraction of sp³-hybridized carbons (Fsp3) is 0.500. The van der Waals surface area contributed by atoms with Crippen LogP contribution >= 0.6 is 0 Å². The molecule has 182 valence electrons. The summed E-state index contributed by atoms with van der Waals surface area (Å²) in [7, 11) is 0. The van der Waals surface area contributed by atoms with Crippen molar-refractivity contribution in [2.24, 2.45) is 17.3 Å². The number of pyridine rings is 1. The van der Waals surface area contributed by atoms with Crippen molar-refractivity contribution < 1.29 is 14.6 Å². The number of aliphatic hydroxyl groups is 1. The Labute approximate surface area is 204 Å². The lowest BCUT2D eigenvalue weighted by Crippen LogP contribution is -2.27. The largest absolute Gasteiger partial charge is 0.489 e. The predicted molar refractivity (Wildman–Crippen MR) is 130 cm³/mol. The van der Waals surface area contributed by atoms with Gasteiger partial charge in [0.05, 0.1) is 47.2 Å². The molecule has 3 atom stereocenters. The Morgan fingerprint density at radius 2 is 2.00 bits per heavy atom. The maximum absolute atomic E-state index is 11.1. The molecule has 1 saturated carbocycles. The van der Waals surface area contributed by atoms with Crippen molar-refractivity contribution in [3.8, 4) is 23.1 Å². The Bertz CT molecular complexity index is 1270. The number of rotatable bonds is 7. The Morgan fingerprint density at radius 3 is 2.60 bits per heavy atom. The summed E-state index contributed by atoms with van der Waals surface area (Å²) < 4.78 is 7.39. The molecule has 4 heterocycles. The molecule has 0 radical (unpaired) electrons. The van der Waals surface area contributed by atoms with Crippen molar-refractivity contribution in [1.82, 2.24) is 19.6 Å². The molecular formula is C26H30N6O3. The van der Waals surface area contributed by atoms with Gasteiger partial charge in [0.25, 0.3) is 0 Å². The standard InChI is InChI=1S/C26H30N6O3/c1-25(2,34)16-35-20-6-21(24-19(9-27)10-30-32(24)15-20)22-11-29-23(12-28-22)31-13-17-7-26(3,4-5-33)8-18(17)14-31/h5-6,10-12,15,17-18,34H,4,7-8,13-14,16H2,1-3H3/t17-,18+,26?. The van der Waals surface area contributed by atoms with E-state index in [0.29, 0.717) is 46.3 Å². The van der Waals surface area contributed by atoms with Crippen LogP contribution in [0.2, 0.25) is 0 Å². The quantitative estimate of drug-likeness (QED) is 0.519. The number of hydrogen-bond acceptors (Lipinski definition) is 8. The Balaban J connectivity index is 1.40. The lowest BCUT2D eigenvalue weighted by molar-refractivity contribution is -0.109. The summed E-state index contributed by atoms with van der Waals surface area (Å²) in [6.07, 6.45) is 10.6. The van der Waals surface area contributed by atoms with E-state index in [1.807, 2.05) is 0 Å². The van der Waals surface area contributed by atoms with E-state index in [4.69, 9.17) is 14.7 Å². The zero-order chi connectivity index (χ0) is 24.8. The van der Waals surface area contributed by atoms with Gasteiger partial charge in [-0.2, -0.15) is 10.4 Å². The summed E-state index contributed by atoms with van der Waals surface area (Å²) in [5.74, 6) is 2.50. The van der Waals surface area contributed by atoms with Crippen molar-refractivity contribution in [1.29, 1.82) is 5.26 Å². The Hall–Kier alpha value is -3.51. The zero-order valence-corrected chi connectivity index (χ0v) is 20.3. The minimum atomic E-state index is -0.989. The number of nitrogens with zero attached hydrogens (tertiary/aromatic N) is 6. The average Bonchev–Trinajstić information content (AvgIpc) is 3.48. The Kier molecular flexibility index (Phi) is 5.72. The molecule has 0 aromatic carbocycles. The van der Waals surface area contributed by atoms with Crippen molar-refractivity contribution in [3.05, 3.63) is 36.4 Å². The number of hydrogen-bond donors (Lipinski definition) is 1. The molecule has 3 aromatic rings. The fourth-order valence-electron chi connectivity index (χ4n) is 5.64. The summed E-state index contributed by atoms with van der Waals surface area (Å²) in [5, 5.41) is 23.9. The number of ether oxygens (including phenoxy) is 1. The van der Waals surface area contributed by atoms with Gasteiger partial charge in [0, 0.05) is 25.1 Å². The van der Waals surface area contributed by atoms with E-state index in [-0.39, 0.29) is 12.0 Å². The third-order valence-corrected chi connectivity index (χ3v) is 7.20. The normalized spacial score (nSPS) is 23.9. The summed E-state index contributed by atoms with van der Waals surface area (Å²) in [6.45, 7) is 7.54. The van der Waals surface area contributed by atoms with Crippen molar-refractivity contribution >= 4 is 17.6 Å². The molecule has 1 saturated heterocycles. The van der Waals surface area contributed by atoms with E-state index >= 15 is 0 Å². The maximum atomic E-state index is 11.1. The first-order valence-electron chi connectivity index (χ1n) is 12.0. The molecule has 1 aliphatic heterocycles. The second-order valence-electron chi connectivity index (χ2n) is 10.9. The molecule has 0 bridgehead atoms. The SMILES string of the molecule is CC(C)(O)COc1cc(-c2cnc(N3C[C@@H]4CC(C)(CC=O)C[C@@H]4C3)cn2)c2c(C#N)cnn2c1. The molecule has 0 amide bonds. The van der Waals surface area contributed by atoms with Crippen LogP contribution in [0.3, 0.4) is 0 Å². The molecule has 2 aliphatic rings. The van der Waals surface area contributed by atoms with Gasteiger partial charge in [-0.25, -0.2) is 9.50 Å². The van der Waals surface area contributed by atoms with E-state index in [9.17, 15) is 15.2 Å². The number of fused-ring (bicyclic) bond motifs is 2. The second kappa shape index (κ2) is 8.61. The lowest BCUT2D eigenvalue weighted by Gasteiger charge is -2.25. The summed E-state index contributed by atoms with van der Waals surface area (Å²) >= 11 is 0. The van der Waals surface area contributed by atoms with Gasteiger partial charge in [0.1, 0.15) is 30.5 Å². The number of aromatic nitrogens is 4. The maximum Gasteiger partial charge on any atom is 0.147 e. The highest BCUT2D eigenvalue weighted by molar-refractivity contribution is 5.83. The number of carbonyl (C=O) groups excluding carboxylic acids is 1. The van der Waals surface area contributed by atoms with Crippen LogP contribution in [-0.2, 0) is 4.79 Å². The summed E-state index contributed by atoms with van der Waals surface area (Å²) in [6, 6.07) is 3.99. The predicted octanol–water partition coefficient (Wildman–Crippen LogP) is 3.25. The molecular weight excluding hydrogens is 444 g/mol. The van der Waals surface area contributed by atoms with Crippen LogP contribution in [0.5, 0.6) is 5.75 Å². The summed E-state index contributed by atoms with van der Waals surface area (Å²) in [4.78, 5) is 22.7. The van der Waals surface area contributed by atoms with Crippen LogP contribution in [0.1, 0.15) is 45.6 Å². The van der Waals surface area contributed by atoms with Gasteiger partial charge in [0.2, 0.25) is 0 Å². The average molecular weight is 475 g/mol. The topological polar surface area (TPSA) is 117 Å².